The molecule has 0 saturated heterocycles. The number of rotatable bonds is 3. The molecule has 1 aromatic rings. The van der Waals surface area contributed by atoms with E-state index in [1.54, 1.807) is 6.07 Å². The van der Waals surface area contributed by atoms with Crippen LogP contribution in [-0.2, 0) is 0 Å². The number of hydrogen-bond acceptors (Lipinski definition) is 2. The molecule has 0 heterocycles. The van der Waals surface area contributed by atoms with E-state index in [9.17, 15) is 18.3 Å². The zero-order valence-corrected chi connectivity index (χ0v) is 11.9. The molecule has 2 N–H and O–H groups in total. The van der Waals surface area contributed by atoms with Crippen molar-refractivity contribution in [2.24, 2.45) is 0 Å². The van der Waals surface area contributed by atoms with Gasteiger partial charge in [-0.15, -0.1) is 0 Å². The Balaban J connectivity index is 2.20. The molecule has 0 saturated carbocycles. The summed E-state index contributed by atoms with van der Waals surface area (Å²) in [6.45, 7) is 5.54. The van der Waals surface area contributed by atoms with E-state index in [-0.39, 0.29) is 17.7 Å². The van der Waals surface area contributed by atoms with Gasteiger partial charge in [0, 0.05) is 17.6 Å². The zero-order chi connectivity index (χ0) is 15.1. The molecular formula is C15H20F3NO. The van der Waals surface area contributed by atoms with Gasteiger partial charge in [0.2, 0.25) is 0 Å². The van der Waals surface area contributed by atoms with Crippen LogP contribution in [0, 0.1) is 6.92 Å². The van der Waals surface area contributed by atoms with Crippen LogP contribution in [0.25, 0.3) is 0 Å². The van der Waals surface area contributed by atoms with E-state index >= 15 is 0 Å². The Morgan fingerprint density at radius 2 is 2.00 bits per heavy atom. The number of aromatic hydroxyl groups is 1. The van der Waals surface area contributed by atoms with Crippen LogP contribution >= 0.6 is 0 Å². The molecule has 0 aliphatic heterocycles. The van der Waals surface area contributed by atoms with E-state index in [0.717, 1.165) is 23.1 Å². The number of phenolic OH excluding ortho intramolecular Hbond substituents is 1. The van der Waals surface area contributed by atoms with Crippen LogP contribution in [0.15, 0.2) is 12.1 Å². The second-order valence-electron chi connectivity index (χ2n) is 5.81. The average Bonchev–Trinajstić information content (AvgIpc) is 2.59. The molecule has 112 valence electrons. The fraction of sp³-hybridized carbons (Fsp3) is 0.600. The van der Waals surface area contributed by atoms with Crippen molar-refractivity contribution in [1.82, 2.24) is 5.32 Å². The predicted octanol–water partition coefficient (Wildman–Crippen LogP) is 4.18. The maximum Gasteiger partial charge on any atom is 0.390 e. The minimum Gasteiger partial charge on any atom is -0.508 e. The van der Waals surface area contributed by atoms with Crippen molar-refractivity contribution >= 4 is 0 Å². The van der Waals surface area contributed by atoms with Crippen LogP contribution in [0.2, 0.25) is 0 Å². The third-order valence-electron chi connectivity index (χ3n) is 3.94. The van der Waals surface area contributed by atoms with Crippen LogP contribution < -0.4 is 5.32 Å². The van der Waals surface area contributed by atoms with Gasteiger partial charge in [0.05, 0.1) is 6.42 Å². The molecule has 1 aromatic carbocycles. The maximum atomic E-state index is 12.4. The number of benzene rings is 1. The van der Waals surface area contributed by atoms with Crippen molar-refractivity contribution in [3.05, 3.63) is 28.8 Å². The van der Waals surface area contributed by atoms with Gasteiger partial charge in [0.15, 0.2) is 0 Å². The van der Waals surface area contributed by atoms with Crippen LogP contribution in [0.5, 0.6) is 5.75 Å². The van der Waals surface area contributed by atoms with Gasteiger partial charge >= 0.3 is 6.18 Å². The number of fused-ring (bicyclic) bond motifs is 1. The molecule has 0 fully saturated rings. The first-order chi connectivity index (χ1) is 9.19. The molecule has 0 bridgehead atoms. The van der Waals surface area contributed by atoms with Gasteiger partial charge in [-0.3, -0.25) is 0 Å². The summed E-state index contributed by atoms with van der Waals surface area (Å²) >= 11 is 0. The molecular weight excluding hydrogens is 267 g/mol. The Kier molecular flexibility index (Phi) is 4.00. The lowest BCUT2D eigenvalue weighted by Crippen LogP contribution is -2.33. The highest BCUT2D eigenvalue weighted by Crippen LogP contribution is 2.46. The van der Waals surface area contributed by atoms with Gasteiger partial charge in [-0.05, 0) is 43.4 Å². The van der Waals surface area contributed by atoms with Crippen LogP contribution in [-0.4, -0.2) is 17.3 Å². The van der Waals surface area contributed by atoms with E-state index in [1.165, 1.54) is 6.92 Å². The van der Waals surface area contributed by atoms with E-state index in [1.807, 2.05) is 19.9 Å². The fourth-order valence-corrected chi connectivity index (χ4v) is 3.24. The summed E-state index contributed by atoms with van der Waals surface area (Å²) < 4.78 is 37.2. The minimum absolute atomic E-state index is 0.173. The van der Waals surface area contributed by atoms with Crippen molar-refractivity contribution < 1.29 is 18.3 Å². The second kappa shape index (κ2) is 5.28. The number of alkyl halides is 3. The first-order valence-corrected chi connectivity index (χ1v) is 6.84. The van der Waals surface area contributed by atoms with Gasteiger partial charge in [0.25, 0.3) is 0 Å². The lowest BCUT2D eigenvalue weighted by atomic mass is 9.97. The molecule has 3 unspecified atom stereocenters. The van der Waals surface area contributed by atoms with E-state index in [2.05, 4.69) is 5.32 Å². The van der Waals surface area contributed by atoms with Gasteiger partial charge in [-0.2, -0.15) is 13.2 Å². The molecule has 1 aliphatic carbocycles. The standard InChI is InChI=1S/C15H20F3NO/c1-8-4-5-12(20)14-11(6-9(2)13(8)14)19-10(3)7-15(16,17)18/h4-5,9-11,19-20H,6-7H2,1-3H3. The van der Waals surface area contributed by atoms with Crippen molar-refractivity contribution in [2.45, 2.75) is 57.8 Å². The minimum atomic E-state index is -4.17. The highest BCUT2D eigenvalue weighted by Gasteiger charge is 2.35. The monoisotopic (exact) mass is 287 g/mol. The maximum absolute atomic E-state index is 12.4. The van der Waals surface area contributed by atoms with Crippen molar-refractivity contribution in [3.8, 4) is 5.75 Å². The van der Waals surface area contributed by atoms with E-state index < -0.39 is 18.6 Å². The van der Waals surface area contributed by atoms with Gasteiger partial charge in [0.1, 0.15) is 5.75 Å². The molecule has 5 heteroatoms. The Morgan fingerprint density at radius 1 is 1.35 bits per heavy atom. The smallest absolute Gasteiger partial charge is 0.390 e. The average molecular weight is 287 g/mol. The van der Waals surface area contributed by atoms with Crippen LogP contribution in [0.4, 0.5) is 13.2 Å². The fourth-order valence-electron chi connectivity index (χ4n) is 3.24. The van der Waals surface area contributed by atoms with Crippen LogP contribution in [0.1, 0.15) is 55.3 Å². The number of phenols is 1. The largest absolute Gasteiger partial charge is 0.508 e. The highest BCUT2D eigenvalue weighted by molar-refractivity contribution is 5.50. The highest BCUT2D eigenvalue weighted by atomic mass is 19.4. The SMILES string of the molecule is Cc1ccc(O)c2c1C(C)CC2NC(C)CC(F)(F)F. The van der Waals surface area contributed by atoms with Gasteiger partial charge < -0.3 is 10.4 Å². The molecule has 20 heavy (non-hydrogen) atoms. The van der Waals surface area contributed by atoms with Crippen molar-refractivity contribution in [1.29, 1.82) is 0 Å². The lowest BCUT2D eigenvalue weighted by Gasteiger charge is -2.22. The zero-order valence-electron chi connectivity index (χ0n) is 11.9. The predicted molar refractivity (Wildman–Crippen MR) is 71.9 cm³/mol. The topological polar surface area (TPSA) is 32.3 Å². The van der Waals surface area contributed by atoms with E-state index in [0.29, 0.717) is 0 Å². The number of aryl methyl sites for hydroxylation is 1. The molecule has 0 aromatic heterocycles. The van der Waals surface area contributed by atoms with Crippen molar-refractivity contribution in [3.63, 3.8) is 0 Å². The third-order valence-corrected chi connectivity index (χ3v) is 3.94. The molecule has 2 rings (SSSR count). The second-order valence-corrected chi connectivity index (χ2v) is 5.81. The first kappa shape index (κ1) is 15.2. The lowest BCUT2D eigenvalue weighted by molar-refractivity contribution is -0.139. The summed E-state index contributed by atoms with van der Waals surface area (Å²) in [5.74, 6) is 0.416. The van der Waals surface area contributed by atoms with Gasteiger partial charge in [-0.1, -0.05) is 13.0 Å². The van der Waals surface area contributed by atoms with E-state index in [4.69, 9.17) is 0 Å². The molecule has 1 aliphatic rings. The summed E-state index contributed by atoms with van der Waals surface area (Å²) in [5.41, 5.74) is 2.92. The number of hydrogen-bond donors (Lipinski definition) is 2. The molecule has 0 spiro atoms. The molecule has 3 atom stereocenters. The quantitative estimate of drug-likeness (QED) is 0.874. The Hall–Kier alpha value is -1.23. The molecule has 0 radical (unpaired) electrons. The normalized spacial score (nSPS) is 23.7. The Labute approximate surface area is 117 Å². The first-order valence-electron chi connectivity index (χ1n) is 6.84. The summed E-state index contributed by atoms with van der Waals surface area (Å²) in [5, 5.41) is 13.0. The summed E-state index contributed by atoms with van der Waals surface area (Å²) in [4.78, 5) is 0. The summed E-state index contributed by atoms with van der Waals surface area (Å²) in [6, 6.07) is 2.59. The van der Waals surface area contributed by atoms with Gasteiger partial charge in [-0.25, -0.2) is 0 Å². The Bertz CT molecular complexity index is 499. The number of halogens is 3. The van der Waals surface area contributed by atoms with Crippen molar-refractivity contribution in [2.75, 3.05) is 0 Å². The molecule has 2 nitrogen and oxygen atoms in total. The molecule has 0 amide bonds. The Morgan fingerprint density at radius 3 is 2.60 bits per heavy atom. The third kappa shape index (κ3) is 3.08. The summed E-state index contributed by atoms with van der Waals surface area (Å²) in [7, 11) is 0. The van der Waals surface area contributed by atoms with Crippen LogP contribution in [0.3, 0.4) is 0 Å². The summed E-state index contributed by atoms with van der Waals surface area (Å²) in [6.07, 6.45) is -4.32. The number of nitrogens with one attached hydrogen (secondary N) is 1.